The molecule has 4 aromatic rings. The molecular formula is C31H39N5O3. The van der Waals surface area contributed by atoms with E-state index in [1.54, 1.807) is 31.3 Å². The van der Waals surface area contributed by atoms with E-state index in [0.29, 0.717) is 11.8 Å². The topological polar surface area (TPSA) is 85.5 Å². The second kappa shape index (κ2) is 11.2. The zero-order valence-corrected chi connectivity index (χ0v) is 23.6. The maximum Gasteiger partial charge on any atom is 0.124 e. The van der Waals surface area contributed by atoms with Crippen molar-refractivity contribution in [2.45, 2.75) is 51.6 Å². The third-order valence-corrected chi connectivity index (χ3v) is 8.09. The van der Waals surface area contributed by atoms with Crippen LogP contribution in [0, 0.1) is 11.8 Å². The fourth-order valence-electron chi connectivity index (χ4n) is 5.69. The third kappa shape index (κ3) is 6.17. The third-order valence-electron chi connectivity index (χ3n) is 8.09. The van der Waals surface area contributed by atoms with Crippen LogP contribution in [0.25, 0.3) is 22.3 Å². The highest BCUT2D eigenvalue weighted by atomic mass is 16.5. The fraction of sp³-hybridized carbons (Fsp3) is 0.452. The van der Waals surface area contributed by atoms with Gasteiger partial charge in [-0.2, -0.15) is 5.10 Å². The Balaban J connectivity index is 1.46. The summed E-state index contributed by atoms with van der Waals surface area (Å²) in [4.78, 5) is 11.9. The van der Waals surface area contributed by atoms with E-state index < -0.39 is 5.60 Å². The molecule has 8 heteroatoms. The molecule has 0 radical (unpaired) electrons. The van der Waals surface area contributed by atoms with Crippen LogP contribution < -0.4 is 14.4 Å². The summed E-state index contributed by atoms with van der Waals surface area (Å²) in [6.45, 7) is 4.73. The quantitative estimate of drug-likeness (QED) is 0.278. The Kier molecular flexibility index (Phi) is 7.75. The lowest BCUT2D eigenvalue weighted by Crippen LogP contribution is -2.34. The van der Waals surface area contributed by atoms with Crippen LogP contribution in [0.1, 0.15) is 46.0 Å². The molecule has 8 nitrogen and oxygen atoms in total. The first-order valence-corrected chi connectivity index (χ1v) is 13.7. The highest BCUT2D eigenvalue weighted by Crippen LogP contribution is 2.39. The first kappa shape index (κ1) is 26.9. The summed E-state index contributed by atoms with van der Waals surface area (Å²) in [5.74, 6) is 2.50. The van der Waals surface area contributed by atoms with E-state index in [1.165, 1.54) is 0 Å². The highest BCUT2D eigenvalue weighted by molar-refractivity contribution is 5.82. The number of nitrogens with zero attached hydrogens (tertiary/aromatic N) is 5. The summed E-state index contributed by atoms with van der Waals surface area (Å²) in [6.07, 6.45) is 11.0. The number of fused-ring (bicyclic) bond motifs is 1. The molecule has 1 fully saturated rings. The predicted octanol–water partition coefficient (Wildman–Crippen LogP) is 6.15. The summed E-state index contributed by atoms with van der Waals surface area (Å²) < 4.78 is 13.0. The average molecular weight is 530 g/mol. The Labute approximate surface area is 230 Å². The van der Waals surface area contributed by atoms with Crippen LogP contribution in [-0.4, -0.2) is 51.2 Å². The number of hydrogen-bond acceptors (Lipinski definition) is 7. The van der Waals surface area contributed by atoms with Gasteiger partial charge in [-0.15, -0.1) is 0 Å². The minimum absolute atomic E-state index is 0.376. The van der Waals surface area contributed by atoms with Crippen LogP contribution in [0.2, 0.25) is 0 Å². The van der Waals surface area contributed by atoms with Crippen molar-refractivity contribution in [3.63, 3.8) is 0 Å². The van der Waals surface area contributed by atoms with Gasteiger partial charge in [-0.05, 0) is 63.1 Å². The largest absolute Gasteiger partial charge is 0.497 e. The Hall–Kier alpha value is -3.65. The monoisotopic (exact) mass is 529 g/mol. The van der Waals surface area contributed by atoms with Crippen molar-refractivity contribution in [3.8, 4) is 22.8 Å². The van der Waals surface area contributed by atoms with Gasteiger partial charge < -0.3 is 19.5 Å². The van der Waals surface area contributed by atoms with Crippen molar-refractivity contribution in [2.75, 3.05) is 25.7 Å². The van der Waals surface area contributed by atoms with Crippen molar-refractivity contribution >= 4 is 22.4 Å². The van der Waals surface area contributed by atoms with Crippen molar-refractivity contribution in [3.05, 3.63) is 55.0 Å². The summed E-state index contributed by atoms with van der Waals surface area (Å²) >= 11 is 0. The van der Waals surface area contributed by atoms with E-state index in [9.17, 15) is 5.11 Å². The molecule has 39 heavy (non-hydrogen) atoms. The van der Waals surface area contributed by atoms with Crippen LogP contribution >= 0.6 is 0 Å². The van der Waals surface area contributed by atoms with Crippen LogP contribution in [0.4, 0.5) is 11.4 Å². The van der Waals surface area contributed by atoms with Gasteiger partial charge in [0.15, 0.2) is 0 Å². The van der Waals surface area contributed by atoms with E-state index in [0.717, 1.165) is 83.8 Å². The molecule has 1 aliphatic carbocycles. The van der Waals surface area contributed by atoms with E-state index in [4.69, 9.17) is 14.5 Å². The lowest BCUT2D eigenvalue weighted by Gasteiger charge is -2.36. The average Bonchev–Trinajstić information content (AvgIpc) is 3.38. The molecule has 0 saturated heterocycles. The van der Waals surface area contributed by atoms with Gasteiger partial charge in [0, 0.05) is 54.9 Å². The minimum Gasteiger partial charge on any atom is -0.497 e. The van der Waals surface area contributed by atoms with Crippen molar-refractivity contribution in [1.29, 1.82) is 0 Å². The van der Waals surface area contributed by atoms with E-state index in [-0.39, 0.29) is 0 Å². The van der Waals surface area contributed by atoms with E-state index >= 15 is 0 Å². The van der Waals surface area contributed by atoms with Gasteiger partial charge in [-0.25, -0.2) is 4.98 Å². The molecule has 0 unspecified atom stereocenters. The van der Waals surface area contributed by atoms with Crippen molar-refractivity contribution in [2.24, 2.45) is 18.9 Å². The zero-order valence-electron chi connectivity index (χ0n) is 23.6. The van der Waals surface area contributed by atoms with Crippen LogP contribution in [0.3, 0.4) is 0 Å². The molecule has 1 N–H and O–H groups in total. The Morgan fingerprint density at radius 1 is 0.949 bits per heavy atom. The van der Waals surface area contributed by atoms with Gasteiger partial charge in [0.2, 0.25) is 0 Å². The zero-order chi connectivity index (χ0) is 27.6. The summed E-state index contributed by atoms with van der Waals surface area (Å²) in [6, 6.07) is 12.2. The highest BCUT2D eigenvalue weighted by Gasteiger charge is 2.31. The molecular weight excluding hydrogens is 490 g/mol. The standard InChI is InChI=1S/C31H39N5O3/c1-31(2,37)23-8-6-21(7-9-23)12-13-36(25-14-26(38-4)17-27(15-25)39-5)24-10-11-28-29(16-24)34-30(19-32-28)22-18-33-35(3)20-22/h10-11,14-21,23,37H,6-9,12-13H2,1-5H3. The maximum absolute atomic E-state index is 10.5. The van der Waals surface area contributed by atoms with Crippen LogP contribution in [-0.2, 0) is 7.05 Å². The second-order valence-electron chi connectivity index (χ2n) is 11.2. The number of aryl methyl sites for hydroxylation is 1. The van der Waals surface area contributed by atoms with Crippen molar-refractivity contribution in [1.82, 2.24) is 19.7 Å². The minimum atomic E-state index is -0.602. The van der Waals surface area contributed by atoms with Crippen LogP contribution in [0.15, 0.2) is 55.0 Å². The van der Waals surface area contributed by atoms with Gasteiger partial charge in [-0.3, -0.25) is 9.67 Å². The van der Waals surface area contributed by atoms with E-state index in [2.05, 4.69) is 39.2 Å². The number of hydrogen-bond donors (Lipinski definition) is 1. The number of benzene rings is 2. The predicted molar refractivity (Wildman–Crippen MR) is 155 cm³/mol. The molecule has 0 amide bonds. The molecule has 5 rings (SSSR count). The summed E-state index contributed by atoms with van der Waals surface area (Å²) in [7, 11) is 5.25. The number of aliphatic hydroxyl groups is 1. The number of aromatic nitrogens is 4. The Bertz CT molecular complexity index is 1400. The van der Waals surface area contributed by atoms with Gasteiger partial charge in [0.25, 0.3) is 0 Å². The molecule has 0 atom stereocenters. The SMILES string of the molecule is COc1cc(OC)cc(N(CCC2CCC(C(C)(C)O)CC2)c2ccc3ncc(-c4cnn(C)c4)nc3c2)c1. The maximum atomic E-state index is 10.5. The molecule has 2 heterocycles. The van der Waals surface area contributed by atoms with E-state index in [1.807, 2.05) is 39.2 Å². The van der Waals surface area contributed by atoms with Gasteiger partial charge in [-0.1, -0.05) is 12.8 Å². The summed E-state index contributed by atoms with van der Waals surface area (Å²) in [5.41, 5.74) is 4.86. The number of ether oxygens (including phenoxy) is 2. The molecule has 0 bridgehead atoms. The van der Waals surface area contributed by atoms with Crippen molar-refractivity contribution < 1.29 is 14.6 Å². The first-order valence-electron chi connectivity index (χ1n) is 13.7. The number of rotatable bonds is 9. The lowest BCUT2D eigenvalue weighted by atomic mass is 9.74. The van der Waals surface area contributed by atoms with Crippen LogP contribution in [0.5, 0.6) is 11.5 Å². The smallest absolute Gasteiger partial charge is 0.124 e. The van der Waals surface area contributed by atoms with Gasteiger partial charge in [0.1, 0.15) is 11.5 Å². The number of methoxy groups -OCH3 is 2. The first-order chi connectivity index (χ1) is 18.7. The molecule has 2 aromatic carbocycles. The molecule has 0 aliphatic heterocycles. The molecule has 206 valence electrons. The number of anilines is 2. The molecule has 0 spiro atoms. The summed E-state index contributed by atoms with van der Waals surface area (Å²) in [5, 5.41) is 14.8. The molecule has 1 saturated carbocycles. The normalized spacial score (nSPS) is 17.8. The molecule has 1 aliphatic rings. The Morgan fingerprint density at radius 2 is 1.67 bits per heavy atom. The lowest BCUT2D eigenvalue weighted by molar-refractivity contribution is -0.00617. The fourth-order valence-corrected chi connectivity index (χ4v) is 5.69. The second-order valence-corrected chi connectivity index (χ2v) is 11.2. The van der Waals surface area contributed by atoms with Gasteiger partial charge >= 0.3 is 0 Å². The van der Waals surface area contributed by atoms with Gasteiger partial charge in [0.05, 0.1) is 48.9 Å². The Morgan fingerprint density at radius 3 is 2.28 bits per heavy atom. The molecule has 2 aromatic heterocycles.